The molecule has 1 heterocycles. The van der Waals surface area contributed by atoms with Gasteiger partial charge in [-0.3, -0.25) is 0 Å². The molecule has 0 aliphatic carbocycles. The third-order valence-electron chi connectivity index (χ3n) is 4.78. The average molecular weight is 409 g/mol. The molecule has 7 heteroatoms. The monoisotopic (exact) mass is 408 g/mol. The van der Waals surface area contributed by atoms with Crippen LogP contribution in [0.4, 0.5) is 5.69 Å². The first kappa shape index (κ1) is 20.0. The van der Waals surface area contributed by atoms with E-state index in [0.29, 0.717) is 18.0 Å². The summed E-state index contributed by atoms with van der Waals surface area (Å²) < 4.78 is 32.9. The van der Waals surface area contributed by atoms with E-state index in [1.807, 2.05) is 0 Å². The highest BCUT2D eigenvalue weighted by Gasteiger charge is 2.19. The van der Waals surface area contributed by atoms with Gasteiger partial charge in [0.1, 0.15) is 10.6 Å². The number of rotatable bonds is 7. The Balaban J connectivity index is 1.59. The first-order chi connectivity index (χ1) is 13.0. The summed E-state index contributed by atoms with van der Waals surface area (Å²) in [7, 11) is -2.25. The van der Waals surface area contributed by atoms with Gasteiger partial charge in [0.05, 0.1) is 7.11 Å². The number of ether oxygens (including phenoxy) is 1. The van der Waals surface area contributed by atoms with Crippen LogP contribution < -0.4 is 14.4 Å². The Bertz CT molecular complexity index is 863. The quantitative estimate of drug-likeness (QED) is 0.755. The second-order valence-corrected chi connectivity index (χ2v) is 8.83. The minimum Gasteiger partial charge on any atom is -0.495 e. The van der Waals surface area contributed by atoms with Crippen molar-refractivity contribution in [1.29, 1.82) is 0 Å². The minimum atomic E-state index is -3.69. The Hall–Kier alpha value is -1.76. The number of anilines is 1. The lowest BCUT2D eigenvalue weighted by Crippen LogP contribution is -2.29. The lowest BCUT2D eigenvalue weighted by Gasteiger charge is -2.28. The number of nitrogens with one attached hydrogen (secondary N) is 1. The molecule has 5 nitrogen and oxygen atoms in total. The number of halogens is 1. The maximum Gasteiger partial charge on any atom is 0.244 e. The second-order valence-electron chi connectivity index (χ2n) is 6.66. The SMILES string of the molecule is COc1ccc(Cl)cc1S(=O)(=O)NCCc1ccc(N2CCCCC2)cc1. The van der Waals surface area contributed by atoms with Crippen LogP contribution in [0.25, 0.3) is 0 Å². The van der Waals surface area contributed by atoms with Crippen LogP contribution in [0.15, 0.2) is 47.4 Å². The molecule has 1 fully saturated rings. The van der Waals surface area contributed by atoms with Crippen LogP contribution in [0.3, 0.4) is 0 Å². The summed E-state index contributed by atoms with van der Waals surface area (Å²) in [4.78, 5) is 2.46. The molecule has 2 aromatic carbocycles. The van der Waals surface area contributed by atoms with Gasteiger partial charge >= 0.3 is 0 Å². The van der Waals surface area contributed by atoms with E-state index in [1.165, 1.54) is 38.1 Å². The van der Waals surface area contributed by atoms with Gasteiger partial charge in [0, 0.05) is 30.3 Å². The van der Waals surface area contributed by atoms with Crippen molar-refractivity contribution in [2.75, 3.05) is 31.6 Å². The van der Waals surface area contributed by atoms with E-state index in [9.17, 15) is 8.42 Å². The number of hydrogen-bond donors (Lipinski definition) is 1. The maximum absolute atomic E-state index is 12.6. The highest BCUT2D eigenvalue weighted by Crippen LogP contribution is 2.27. The van der Waals surface area contributed by atoms with Gasteiger partial charge in [-0.25, -0.2) is 13.1 Å². The molecule has 0 aromatic heterocycles. The third-order valence-corrected chi connectivity index (χ3v) is 6.50. The first-order valence-electron chi connectivity index (χ1n) is 9.17. The van der Waals surface area contributed by atoms with Crippen molar-refractivity contribution in [3.8, 4) is 5.75 Å². The Labute approximate surface area is 166 Å². The highest BCUT2D eigenvalue weighted by atomic mass is 35.5. The van der Waals surface area contributed by atoms with E-state index in [-0.39, 0.29) is 10.6 Å². The molecule has 1 aliphatic rings. The number of nitrogens with zero attached hydrogens (tertiary/aromatic N) is 1. The highest BCUT2D eigenvalue weighted by molar-refractivity contribution is 7.89. The van der Waals surface area contributed by atoms with Crippen molar-refractivity contribution in [2.24, 2.45) is 0 Å². The van der Waals surface area contributed by atoms with E-state index in [4.69, 9.17) is 16.3 Å². The molecule has 1 N–H and O–H groups in total. The van der Waals surface area contributed by atoms with Gasteiger partial charge in [0.15, 0.2) is 0 Å². The molecule has 0 unspecified atom stereocenters. The number of benzene rings is 2. The van der Waals surface area contributed by atoms with Gasteiger partial charge in [-0.2, -0.15) is 0 Å². The second kappa shape index (κ2) is 8.95. The summed E-state index contributed by atoms with van der Waals surface area (Å²) in [5, 5.41) is 0.351. The molecule has 1 aliphatic heterocycles. The zero-order chi connectivity index (χ0) is 19.3. The zero-order valence-electron chi connectivity index (χ0n) is 15.4. The normalized spacial score (nSPS) is 15.0. The maximum atomic E-state index is 12.6. The van der Waals surface area contributed by atoms with E-state index in [0.717, 1.165) is 18.7 Å². The Morgan fingerprint density at radius 3 is 2.44 bits per heavy atom. The van der Waals surface area contributed by atoms with Crippen LogP contribution in [-0.4, -0.2) is 35.2 Å². The molecule has 1 saturated heterocycles. The van der Waals surface area contributed by atoms with Crippen LogP contribution in [0, 0.1) is 0 Å². The molecular weight excluding hydrogens is 384 g/mol. The molecule has 2 aromatic rings. The van der Waals surface area contributed by atoms with Gasteiger partial charge < -0.3 is 9.64 Å². The van der Waals surface area contributed by atoms with E-state index in [1.54, 1.807) is 12.1 Å². The number of sulfonamides is 1. The first-order valence-corrected chi connectivity index (χ1v) is 11.0. The summed E-state index contributed by atoms with van der Waals surface area (Å²) >= 11 is 5.94. The molecule has 0 radical (unpaired) electrons. The van der Waals surface area contributed by atoms with Gasteiger partial charge in [-0.15, -0.1) is 0 Å². The van der Waals surface area contributed by atoms with E-state index in [2.05, 4.69) is 33.9 Å². The third kappa shape index (κ3) is 5.15. The van der Waals surface area contributed by atoms with Gasteiger partial charge in [0.25, 0.3) is 0 Å². The fourth-order valence-electron chi connectivity index (χ4n) is 3.29. The molecule has 3 rings (SSSR count). The fourth-order valence-corrected chi connectivity index (χ4v) is 4.76. The Morgan fingerprint density at radius 1 is 1.07 bits per heavy atom. The van der Waals surface area contributed by atoms with Crippen LogP contribution in [0.1, 0.15) is 24.8 Å². The van der Waals surface area contributed by atoms with Gasteiger partial charge in [0.2, 0.25) is 10.0 Å². The molecule has 0 spiro atoms. The van der Waals surface area contributed by atoms with E-state index >= 15 is 0 Å². The summed E-state index contributed by atoms with van der Waals surface area (Å²) in [5.74, 6) is 0.276. The lowest BCUT2D eigenvalue weighted by molar-refractivity contribution is 0.402. The standard InChI is InChI=1S/C20H25ClN2O3S/c1-26-19-10-7-17(21)15-20(19)27(24,25)22-12-11-16-5-8-18(9-6-16)23-13-3-2-4-14-23/h5-10,15,22H,2-4,11-14H2,1H3. The van der Waals surface area contributed by atoms with Crippen LogP contribution in [0.2, 0.25) is 5.02 Å². The molecule has 0 amide bonds. The summed E-state index contributed by atoms with van der Waals surface area (Å²) in [6.07, 6.45) is 4.42. The summed E-state index contributed by atoms with van der Waals surface area (Å²) in [6.45, 7) is 2.53. The van der Waals surface area contributed by atoms with Crippen LogP contribution in [0.5, 0.6) is 5.75 Å². The van der Waals surface area contributed by atoms with Gasteiger partial charge in [-0.05, 0) is 61.6 Å². The largest absolute Gasteiger partial charge is 0.495 e. The van der Waals surface area contributed by atoms with Crippen LogP contribution >= 0.6 is 11.6 Å². The van der Waals surface area contributed by atoms with Crippen molar-refractivity contribution < 1.29 is 13.2 Å². The molecule has 0 atom stereocenters. The van der Waals surface area contributed by atoms with Crippen molar-refractivity contribution in [3.05, 3.63) is 53.1 Å². The van der Waals surface area contributed by atoms with Gasteiger partial charge in [-0.1, -0.05) is 23.7 Å². The zero-order valence-corrected chi connectivity index (χ0v) is 17.0. The predicted octanol–water partition coefficient (Wildman–Crippen LogP) is 3.86. The van der Waals surface area contributed by atoms with E-state index < -0.39 is 10.0 Å². The minimum absolute atomic E-state index is 0.0537. The predicted molar refractivity (Wildman–Crippen MR) is 109 cm³/mol. The summed E-state index contributed by atoms with van der Waals surface area (Å²) in [5.41, 5.74) is 2.33. The average Bonchev–Trinajstić information content (AvgIpc) is 2.69. The lowest BCUT2D eigenvalue weighted by atomic mass is 10.1. The molecule has 0 saturated carbocycles. The van der Waals surface area contributed by atoms with Crippen molar-refractivity contribution in [3.63, 3.8) is 0 Å². The number of methoxy groups -OCH3 is 1. The van der Waals surface area contributed by atoms with Crippen LogP contribution in [-0.2, 0) is 16.4 Å². The smallest absolute Gasteiger partial charge is 0.244 e. The topological polar surface area (TPSA) is 58.6 Å². The number of hydrogen-bond acceptors (Lipinski definition) is 4. The van der Waals surface area contributed by atoms with Crippen molar-refractivity contribution in [2.45, 2.75) is 30.6 Å². The molecular formula is C20H25ClN2O3S. The fraction of sp³-hybridized carbons (Fsp3) is 0.400. The Morgan fingerprint density at radius 2 is 1.78 bits per heavy atom. The molecule has 27 heavy (non-hydrogen) atoms. The van der Waals surface area contributed by atoms with Crippen molar-refractivity contribution >= 4 is 27.3 Å². The molecule has 146 valence electrons. The Kier molecular flexibility index (Phi) is 6.63. The van der Waals surface area contributed by atoms with Crippen molar-refractivity contribution in [1.82, 2.24) is 4.72 Å². The molecule has 0 bridgehead atoms. The summed E-state index contributed by atoms with van der Waals surface area (Å²) in [6, 6.07) is 12.9. The number of piperidine rings is 1.